The van der Waals surface area contributed by atoms with Crippen molar-refractivity contribution in [1.82, 2.24) is 14.8 Å². The number of methoxy groups -OCH3 is 1. The van der Waals surface area contributed by atoms with Crippen LogP contribution >= 0.6 is 0 Å². The van der Waals surface area contributed by atoms with Crippen LogP contribution in [0.1, 0.15) is 45.6 Å². The molecule has 29 heavy (non-hydrogen) atoms. The van der Waals surface area contributed by atoms with Gasteiger partial charge in [-0.3, -0.25) is 9.48 Å². The van der Waals surface area contributed by atoms with Crippen molar-refractivity contribution in [3.05, 3.63) is 76.9 Å². The fourth-order valence-electron chi connectivity index (χ4n) is 3.70. The molecule has 3 aromatic rings. The number of halogens is 2. The van der Waals surface area contributed by atoms with Gasteiger partial charge >= 0.3 is 0 Å². The Bertz CT molecular complexity index is 1070. The molecule has 3 unspecified atom stereocenters. The first kappa shape index (κ1) is 19.2. The zero-order valence-electron chi connectivity index (χ0n) is 15.6. The molecule has 0 bridgehead atoms. The number of carbonyl (C=O) groups excluding carboxylic acids is 1. The first-order valence-corrected chi connectivity index (χ1v) is 8.85. The molecule has 0 fully saturated rings. The molecule has 9 heteroatoms. The van der Waals surface area contributed by atoms with Crippen LogP contribution < -0.4 is 5.32 Å². The fraction of sp³-hybridized carbons (Fsp3) is 0.250. The molecule has 7 nitrogen and oxygen atoms in total. The SMILES string of the molecule is COC(O)c1cc(F)cc2c1C(=O)C(c1ncnn1C)C(c1ccc(F)cc1)N2. The number of nitrogens with one attached hydrogen (secondary N) is 1. The summed E-state index contributed by atoms with van der Waals surface area (Å²) in [5.41, 5.74) is 0.974. The number of aryl methyl sites for hydroxylation is 1. The summed E-state index contributed by atoms with van der Waals surface area (Å²) in [6.45, 7) is 0. The molecule has 0 saturated carbocycles. The summed E-state index contributed by atoms with van der Waals surface area (Å²) in [4.78, 5) is 17.8. The van der Waals surface area contributed by atoms with Gasteiger partial charge in [-0.25, -0.2) is 13.8 Å². The average molecular weight is 400 g/mol. The highest BCUT2D eigenvalue weighted by molar-refractivity contribution is 6.08. The maximum atomic E-state index is 14.2. The largest absolute Gasteiger partial charge is 0.376 e. The van der Waals surface area contributed by atoms with Crippen molar-refractivity contribution in [1.29, 1.82) is 0 Å². The molecule has 0 aliphatic carbocycles. The average Bonchev–Trinajstić information content (AvgIpc) is 3.12. The Hall–Kier alpha value is -3.17. The Kier molecular flexibility index (Phi) is 4.85. The van der Waals surface area contributed by atoms with E-state index >= 15 is 0 Å². The third-order valence-electron chi connectivity index (χ3n) is 5.05. The number of hydrogen-bond donors (Lipinski definition) is 2. The molecule has 0 spiro atoms. The standard InChI is InChI=1S/C20H18F2N4O3/c1-26-19(23-9-24-26)16-17(10-3-5-11(21)6-4-10)25-14-8-12(22)7-13(20(28)29-2)15(14)18(16)27/h3-9,16-17,20,25,28H,1-2H3. The van der Waals surface area contributed by atoms with Gasteiger partial charge in [0, 0.05) is 25.4 Å². The number of hydrogen-bond acceptors (Lipinski definition) is 6. The Balaban J connectivity index is 1.92. The lowest BCUT2D eigenvalue weighted by Gasteiger charge is -2.34. The van der Waals surface area contributed by atoms with E-state index in [9.17, 15) is 18.7 Å². The molecular weight excluding hydrogens is 382 g/mol. The lowest BCUT2D eigenvalue weighted by molar-refractivity contribution is -0.0774. The van der Waals surface area contributed by atoms with E-state index in [-0.39, 0.29) is 22.6 Å². The highest BCUT2D eigenvalue weighted by atomic mass is 19.1. The molecule has 0 radical (unpaired) electrons. The zero-order chi connectivity index (χ0) is 20.7. The molecule has 0 amide bonds. The van der Waals surface area contributed by atoms with Gasteiger partial charge in [0.15, 0.2) is 12.1 Å². The Labute approximate surface area is 165 Å². The molecule has 1 aromatic heterocycles. The van der Waals surface area contributed by atoms with Crippen molar-refractivity contribution in [2.24, 2.45) is 7.05 Å². The van der Waals surface area contributed by atoms with E-state index < -0.39 is 29.9 Å². The zero-order valence-corrected chi connectivity index (χ0v) is 15.6. The fourth-order valence-corrected chi connectivity index (χ4v) is 3.70. The van der Waals surface area contributed by atoms with Crippen molar-refractivity contribution in [2.75, 3.05) is 12.4 Å². The summed E-state index contributed by atoms with van der Waals surface area (Å²) >= 11 is 0. The summed E-state index contributed by atoms with van der Waals surface area (Å²) < 4.78 is 34.0. The summed E-state index contributed by atoms with van der Waals surface area (Å²) in [5.74, 6) is -1.89. The van der Waals surface area contributed by atoms with Crippen molar-refractivity contribution < 1.29 is 23.4 Å². The number of aliphatic hydroxyl groups is 1. The first-order valence-electron chi connectivity index (χ1n) is 8.85. The number of carbonyl (C=O) groups is 1. The van der Waals surface area contributed by atoms with E-state index in [4.69, 9.17) is 4.74 Å². The first-order chi connectivity index (χ1) is 13.9. The number of Topliss-reactive ketones (excluding diaryl/α,β-unsaturated/α-hetero) is 1. The molecule has 2 N–H and O–H groups in total. The second-order valence-corrected chi connectivity index (χ2v) is 6.76. The molecule has 3 atom stereocenters. The van der Waals surface area contributed by atoms with Gasteiger partial charge in [-0.05, 0) is 29.8 Å². The Morgan fingerprint density at radius 3 is 2.55 bits per heavy atom. The van der Waals surface area contributed by atoms with Gasteiger partial charge in [0.25, 0.3) is 0 Å². The smallest absolute Gasteiger partial charge is 0.181 e. The summed E-state index contributed by atoms with van der Waals surface area (Å²) in [7, 11) is 2.91. The van der Waals surface area contributed by atoms with Crippen molar-refractivity contribution >= 4 is 11.5 Å². The minimum Gasteiger partial charge on any atom is -0.376 e. The summed E-state index contributed by atoms with van der Waals surface area (Å²) in [6.07, 6.45) is -0.150. The van der Waals surface area contributed by atoms with Crippen LogP contribution in [0.15, 0.2) is 42.7 Å². The number of aromatic nitrogens is 3. The van der Waals surface area contributed by atoms with Gasteiger partial charge in [0.2, 0.25) is 0 Å². The van der Waals surface area contributed by atoms with E-state index in [2.05, 4.69) is 15.4 Å². The van der Waals surface area contributed by atoms with Crippen LogP contribution in [0.3, 0.4) is 0 Å². The number of fused-ring (bicyclic) bond motifs is 1. The van der Waals surface area contributed by atoms with Crippen molar-refractivity contribution in [3.63, 3.8) is 0 Å². The van der Waals surface area contributed by atoms with Crippen LogP contribution in [0.2, 0.25) is 0 Å². The third-order valence-corrected chi connectivity index (χ3v) is 5.05. The van der Waals surface area contributed by atoms with Crippen LogP contribution in [0.5, 0.6) is 0 Å². The number of anilines is 1. The lowest BCUT2D eigenvalue weighted by atomic mass is 9.80. The van der Waals surface area contributed by atoms with Gasteiger partial charge in [0.1, 0.15) is 29.7 Å². The number of ether oxygens (including phenoxy) is 1. The normalized spacial score (nSPS) is 19.6. The van der Waals surface area contributed by atoms with Gasteiger partial charge in [-0.15, -0.1) is 0 Å². The van der Waals surface area contributed by atoms with Gasteiger partial charge in [-0.1, -0.05) is 12.1 Å². The molecule has 2 aromatic carbocycles. The minimum atomic E-state index is -1.48. The predicted molar refractivity (Wildman–Crippen MR) is 99.2 cm³/mol. The maximum absolute atomic E-state index is 14.2. The molecule has 2 heterocycles. The van der Waals surface area contributed by atoms with Crippen LogP contribution in [-0.4, -0.2) is 32.8 Å². The van der Waals surface area contributed by atoms with E-state index in [0.29, 0.717) is 11.4 Å². The summed E-state index contributed by atoms with van der Waals surface area (Å²) in [5, 5.41) is 17.4. The number of benzene rings is 2. The highest BCUT2D eigenvalue weighted by Crippen LogP contribution is 2.44. The quantitative estimate of drug-likeness (QED) is 0.655. The Morgan fingerprint density at radius 1 is 1.21 bits per heavy atom. The van der Waals surface area contributed by atoms with E-state index in [1.807, 2.05) is 0 Å². The Morgan fingerprint density at radius 2 is 1.93 bits per heavy atom. The monoisotopic (exact) mass is 400 g/mol. The minimum absolute atomic E-state index is 0.0183. The number of rotatable bonds is 4. The predicted octanol–water partition coefficient (Wildman–Crippen LogP) is 2.86. The van der Waals surface area contributed by atoms with E-state index in [1.165, 1.54) is 36.3 Å². The topological polar surface area (TPSA) is 89.3 Å². The second-order valence-electron chi connectivity index (χ2n) is 6.76. The second kappa shape index (κ2) is 7.34. The van der Waals surface area contributed by atoms with Crippen LogP contribution in [0.25, 0.3) is 0 Å². The van der Waals surface area contributed by atoms with E-state index in [0.717, 1.165) is 6.07 Å². The van der Waals surface area contributed by atoms with Crippen LogP contribution in [0, 0.1) is 11.6 Å². The highest BCUT2D eigenvalue weighted by Gasteiger charge is 2.42. The van der Waals surface area contributed by atoms with Crippen LogP contribution in [-0.2, 0) is 11.8 Å². The number of aliphatic hydroxyl groups excluding tert-OH is 1. The molecule has 1 aliphatic heterocycles. The van der Waals surface area contributed by atoms with Crippen LogP contribution in [0.4, 0.5) is 14.5 Å². The third kappa shape index (κ3) is 3.28. The molecular formula is C20H18F2N4O3. The number of ketones is 1. The summed E-state index contributed by atoms with van der Waals surface area (Å²) in [6, 6.07) is 7.29. The molecule has 1 aliphatic rings. The number of nitrogens with zero attached hydrogens (tertiary/aromatic N) is 3. The lowest BCUT2D eigenvalue weighted by Crippen LogP contribution is -2.35. The van der Waals surface area contributed by atoms with E-state index in [1.54, 1.807) is 19.2 Å². The van der Waals surface area contributed by atoms with Crippen molar-refractivity contribution in [3.8, 4) is 0 Å². The molecule has 4 rings (SSSR count). The van der Waals surface area contributed by atoms with Crippen molar-refractivity contribution in [2.45, 2.75) is 18.2 Å². The maximum Gasteiger partial charge on any atom is 0.181 e. The molecule has 150 valence electrons. The van der Waals surface area contributed by atoms with Gasteiger partial charge in [-0.2, -0.15) is 5.10 Å². The molecule has 0 saturated heterocycles. The van der Waals surface area contributed by atoms with Gasteiger partial charge in [0.05, 0.1) is 11.6 Å². The van der Waals surface area contributed by atoms with Gasteiger partial charge < -0.3 is 15.2 Å².